The van der Waals surface area contributed by atoms with Gasteiger partial charge in [-0.1, -0.05) is 31.2 Å². The van der Waals surface area contributed by atoms with E-state index in [0.29, 0.717) is 6.54 Å². The Morgan fingerprint density at radius 2 is 1.82 bits per heavy atom. The minimum atomic E-state index is -2.47. The summed E-state index contributed by atoms with van der Waals surface area (Å²) in [6.45, 7) is 3.32. The topological polar surface area (TPSA) is 3.24 Å². The van der Waals surface area contributed by atoms with Crippen molar-refractivity contribution in [3.05, 3.63) is 35.4 Å². The van der Waals surface area contributed by atoms with Crippen LogP contribution in [-0.2, 0) is 12.8 Å². The molecule has 0 N–H and O–H groups in total. The first-order chi connectivity index (χ1) is 8.09. The van der Waals surface area contributed by atoms with Gasteiger partial charge in [-0.05, 0) is 24.0 Å². The van der Waals surface area contributed by atoms with Crippen LogP contribution < -0.4 is 0 Å². The minimum Gasteiger partial charge on any atom is -0.297 e. The number of alkyl halides is 2. The fourth-order valence-electron chi connectivity index (χ4n) is 2.23. The van der Waals surface area contributed by atoms with Crippen molar-refractivity contribution in [2.24, 2.45) is 0 Å². The molecule has 0 radical (unpaired) electrons. The number of hydrogen-bond acceptors (Lipinski definition) is 1. The Morgan fingerprint density at radius 1 is 1.18 bits per heavy atom. The molecule has 1 aliphatic rings. The molecule has 0 atom stereocenters. The van der Waals surface area contributed by atoms with E-state index in [1.54, 1.807) is 0 Å². The third-order valence-electron chi connectivity index (χ3n) is 3.40. The van der Waals surface area contributed by atoms with Crippen LogP contribution >= 0.6 is 0 Å². The molecule has 0 amide bonds. The smallest absolute Gasteiger partial charge is 0.261 e. The van der Waals surface area contributed by atoms with Gasteiger partial charge in [-0.2, -0.15) is 0 Å². The van der Waals surface area contributed by atoms with Crippen molar-refractivity contribution in [3.8, 4) is 0 Å². The molecule has 0 saturated carbocycles. The summed E-state index contributed by atoms with van der Waals surface area (Å²) in [5.41, 5.74) is 2.55. The van der Waals surface area contributed by atoms with E-state index in [4.69, 9.17) is 0 Å². The average Bonchev–Trinajstić information content (AvgIpc) is 2.67. The van der Waals surface area contributed by atoms with Crippen molar-refractivity contribution in [2.45, 2.75) is 32.1 Å². The molecule has 1 fully saturated rings. The molecule has 2 rings (SSSR count). The number of likely N-dealkylation sites (tertiary alicyclic amines) is 1. The van der Waals surface area contributed by atoms with Gasteiger partial charge in [0.15, 0.2) is 0 Å². The lowest BCUT2D eigenvalue weighted by atomic mass is 10.1. The van der Waals surface area contributed by atoms with Gasteiger partial charge in [0.1, 0.15) is 0 Å². The van der Waals surface area contributed by atoms with Gasteiger partial charge in [0, 0.05) is 19.5 Å². The molecule has 1 aliphatic heterocycles. The third-order valence-corrected chi connectivity index (χ3v) is 3.40. The lowest BCUT2D eigenvalue weighted by molar-refractivity contribution is 0.0123. The Hall–Kier alpha value is -0.960. The number of halogens is 2. The fraction of sp³-hybridized carbons (Fsp3) is 0.571. The maximum Gasteiger partial charge on any atom is 0.261 e. The predicted molar refractivity (Wildman–Crippen MR) is 65.5 cm³/mol. The molecule has 1 saturated heterocycles. The van der Waals surface area contributed by atoms with E-state index in [0.717, 1.165) is 19.4 Å². The normalized spacial score (nSPS) is 19.7. The van der Waals surface area contributed by atoms with Crippen molar-refractivity contribution in [1.82, 2.24) is 4.90 Å². The summed E-state index contributed by atoms with van der Waals surface area (Å²) in [6.07, 6.45) is 1.92. The highest BCUT2D eigenvalue weighted by Crippen LogP contribution is 2.26. The van der Waals surface area contributed by atoms with E-state index in [1.807, 2.05) is 4.90 Å². The minimum absolute atomic E-state index is 0.0156. The largest absolute Gasteiger partial charge is 0.297 e. The SMILES string of the molecule is CCc1ccc(CCN2CCC(F)(F)C2)cc1. The highest BCUT2D eigenvalue weighted by atomic mass is 19.3. The predicted octanol–water partition coefficient (Wildman–Crippen LogP) is 3.13. The molecule has 1 aromatic carbocycles. The molecule has 1 nitrogen and oxygen atoms in total. The van der Waals surface area contributed by atoms with Crippen LogP contribution in [0.4, 0.5) is 8.78 Å². The van der Waals surface area contributed by atoms with Gasteiger partial charge in [0.2, 0.25) is 0 Å². The van der Waals surface area contributed by atoms with Gasteiger partial charge in [-0.25, -0.2) is 8.78 Å². The van der Waals surface area contributed by atoms with Crippen molar-refractivity contribution >= 4 is 0 Å². The van der Waals surface area contributed by atoms with Crippen molar-refractivity contribution in [2.75, 3.05) is 19.6 Å². The van der Waals surface area contributed by atoms with Gasteiger partial charge in [0.05, 0.1) is 6.54 Å². The third kappa shape index (κ3) is 3.50. The van der Waals surface area contributed by atoms with E-state index in [-0.39, 0.29) is 13.0 Å². The van der Waals surface area contributed by atoms with E-state index >= 15 is 0 Å². The molecule has 0 aromatic heterocycles. The average molecular weight is 239 g/mol. The summed E-state index contributed by atoms with van der Waals surface area (Å²) in [5, 5.41) is 0. The Kier molecular flexibility index (Phi) is 3.77. The first-order valence-corrected chi connectivity index (χ1v) is 6.27. The molecular weight excluding hydrogens is 220 g/mol. The Labute approximate surface area is 101 Å². The summed E-state index contributed by atoms with van der Waals surface area (Å²) in [7, 11) is 0. The van der Waals surface area contributed by atoms with E-state index in [9.17, 15) is 8.78 Å². The van der Waals surface area contributed by atoms with Crippen molar-refractivity contribution < 1.29 is 8.78 Å². The molecular formula is C14H19F2N. The van der Waals surface area contributed by atoms with Crippen molar-refractivity contribution in [1.29, 1.82) is 0 Å². The maximum atomic E-state index is 13.0. The summed E-state index contributed by atoms with van der Waals surface area (Å²) in [6, 6.07) is 8.45. The second-order valence-electron chi connectivity index (χ2n) is 4.80. The first kappa shape index (κ1) is 12.5. The molecule has 94 valence electrons. The van der Waals surface area contributed by atoms with Gasteiger partial charge < -0.3 is 0 Å². The van der Waals surface area contributed by atoms with Crippen LogP contribution in [0.2, 0.25) is 0 Å². The van der Waals surface area contributed by atoms with E-state index in [1.165, 1.54) is 11.1 Å². The zero-order valence-corrected chi connectivity index (χ0v) is 10.3. The Balaban J connectivity index is 1.82. The molecule has 0 unspecified atom stereocenters. The zero-order valence-electron chi connectivity index (χ0n) is 10.3. The fourth-order valence-corrected chi connectivity index (χ4v) is 2.23. The summed E-state index contributed by atoms with van der Waals surface area (Å²) >= 11 is 0. The lowest BCUT2D eigenvalue weighted by Gasteiger charge is -2.15. The molecule has 0 bridgehead atoms. The van der Waals surface area contributed by atoms with Crippen LogP contribution in [0.5, 0.6) is 0 Å². The maximum absolute atomic E-state index is 13.0. The number of hydrogen-bond donors (Lipinski definition) is 0. The molecule has 0 spiro atoms. The van der Waals surface area contributed by atoms with Gasteiger partial charge >= 0.3 is 0 Å². The highest BCUT2D eigenvalue weighted by Gasteiger charge is 2.37. The molecule has 1 heterocycles. The number of nitrogens with zero attached hydrogens (tertiary/aromatic N) is 1. The standard InChI is InChI=1S/C14H19F2N/c1-2-12-3-5-13(6-4-12)7-9-17-10-8-14(15,16)11-17/h3-6H,2,7-11H2,1H3. The van der Waals surface area contributed by atoms with Gasteiger partial charge in [-0.15, -0.1) is 0 Å². The Bertz CT molecular complexity index is 359. The van der Waals surface area contributed by atoms with Crippen LogP contribution in [0.25, 0.3) is 0 Å². The van der Waals surface area contributed by atoms with E-state index in [2.05, 4.69) is 31.2 Å². The van der Waals surface area contributed by atoms with Crippen LogP contribution in [0.15, 0.2) is 24.3 Å². The molecule has 1 aromatic rings. The summed E-state index contributed by atoms with van der Waals surface area (Å²) < 4.78 is 26.0. The number of rotatable bonds is 4. The highest BCUT2D eigenvalue weighted by molar-refractivity contribution is 5.22. The molecule has 17 heavy (non-hydrogen) atoms. The van der Waals surface area contributed by atoms with E-state index < -0.39 is 5.92 Å². The van der Waals surface area contributed by atoms with Crippen LogP contribution in [-0.4, -0.2) is 30.5 Å². The molecule has 3 heteroatoms. The summed E-state index contributed by atoms with van der Waals surface area (Å²) in [4.78, 5) is 1.85. The quantitative estimate of drug-likeness (QED) is 0.780. The van der Waals surface area contributed by atoms with Crippen LogP contribution in [0.3, 0.4) is 0 Å². The number of benzene rings is 1. The second kappa shape index (κ2) is 5.13. The second-order valence-corrected chi connectivity index (χ2v) is 4.80. The van der Waals surface area contributed by atoms with Gasteiger partial charge in [0.25, 0.3) is 5.92 Å². The van der Waals surface area contributed by atoms with Crippen LogP contribution in [0.1, 0.15) is 24.5 Å². The van der Waals surface area contributed by atoms with Crippen molar-refractivity contribution in [3.63, 3.8) is 0 Å². The Morgan fingerprint density at radius 3 is 2.35 bits per heavy atom. The molecule has 0 aliphatic carbocycles. The van der Waals surface area contributed by atoms with Gasteiger partial charge in [-0.3, -0.25) is 4.90 Å². The number of aryl methyl sites for hydroxylation is 1. The lowest BCUT2D eigenvalue weighted by Crippen LogP contribution is -2.27. The monoisotopic (exact) mass is 239 g/mol. The first-order valence-electron chi connectivity index (χ1n) is 6.27. The van der Waals surface area contributed by atoms with Crippen LogP contribution in [0, 0.1) is 0 Å². The zero-order chi connectivity index (χ0) is 12.3. The summed E-state index contributed by atoms with van der Waals surface area (Å²) in [5.74, 6) is -2.47.